The van der Waals surface area contributed by atoms with Crippen LogP contribution in [0, 0.1) is 6.92 Å². The number of halogens is 2. The average Bonchev–Trinajstić information content (AvgIpc) is 2.86. The summed E-state index contributed by atoms with van der Waals surface area (Å²) in [5, 5.41) is 13.5. The molecule has 0 saturated carbocycles. The van der Waals surface area contributed by atoms with Gasteiger partial charge in [0, 0.05) is 18.7 Å². The summed E-state index contributed by atoms with van der Waals surface area (Å²) in [6.07, 6.45) is 2.10. The van der Waals surface area contributed by atoms with Gasteiger partial charge in [0.2, 0.25) is 0 Å². The fraction of sp³-hybridized carbons (Fsp3) is 0.615. The first-order valence-corrected chi connectivity index (χ1v) is 7.14. The maximum absolute atomic E-state index is 9.43. The van der Waals surface area contributed by atoms with Gasteiger partial charge in [0.05, 0.1) is 18.8 Å². The van der Waals surface area contributed by atoms with Crippen molar-refractivity contribution in [1.82, 2.24) is 10.3 Å². The molecule has 1 aliphatic rings. The van der Waals surface area contributed by atoms with E-state index in [0.29, 0.717) is 16.9 Å². The first kappa shape index (κ1) is 15.0. The molecule has 106 valence electrons. The van der Waals surface area contributed by atoms with Crippen molar-refractivity contribution in [3.05, 3.63) is 27.5 Å². The largest absolute Gasteiger partial charge is 0.395 e. The highest BCUT2D eigenvalue weighted by atomic mass is 35.5. The van der Waals surface area contributed by atoms with E-state index in [1.54, 1.807) is 6.07 Å². The molecule has 0 amide bonds. The van der Waals surface area contributed by atoms with Crippen LogP contribution in [-0.2, 0) is 11.3 Å². The summed E-state index contributed by atoms with van der Waals surface area (Å²) in [5.41, 5.74) is 1.89. The Hall–Kier alpha value is -0.390. The van der Waals surface area contributed by atoms with Crippen molar-refractivity contribution in [1.29, 1.82) is 0 Å². The SMILES string of the molecule is Cc1cc(Cl)nc(Cl)c1CNC(CO)C1CCCO1. The molecule has 0 aromatic carbocycles. The average molecular weight is 305 g/mol. The Bertz CT molecular complexity index is 414. The highest BCUT2D eigenvalue weighted by molar-refractivity contribution is 6.33. The topological polar surface area (TPSA) is 54.4 Å². The van der Waals surface area contributed by atoms with Gasteiger partial charge < -0.3 is 15.2 Å². The first-order valence-electron chi connectivity index (χ1n) is 6.39. The van der Waals surface area contributed by atoms with Gasteiger partial charge in [0.1, 0.15) is 10.3 Å². The van der Waals surface area contributed by atoms with Crippen molar-refractivity contribution in [2.45, 2.75) is 38.5 Å². The molecule has 1 aromatic rings. The van der Waals surface area contributed by atoms with Gasteiger partial charge in [0.15, 0.2) is 0 Å². The molecule has 2 rings (SSSR count). The van der Waals surface area contributed by atoms with E-state index in [2.05, 4.69) is 10.3 Å². The van der Waals surface area contributed by atoms with Crippen molar-refractivity contribution < 1.29 is 9.84 Å². The first-order chi connectivity index (χ1) is 9.11. The van der Waals surface area contributed by atoms with Gasteiger partial charge in [-0.15, -0.1) is 0 Å². The van der Waals surface area contributed by atoms with E-state index >= 15 is 0 Å². The molecule has 2 unspecified atom stereocenters. The van der Waals surface area contributed by atoms with Crippen LogP contribution >= 0.6 is 23.2 Å². The lowest BCUT2D eigenvalue weighted by Gasteiger charge is -2.22. The van der Waals surface area contributed by atoms with Crippen molar-refractivity contribution >= 4 is 23.2 Å². The number of aromatic nitrogens is 1. The highest BCUT2D eigenvalue weighted by Crippen LogP contribution is 2.22. The van der Waals surface area contributed by atoms with Crippen LogP contribution in [0.3, 0.4) is 0 Å². The van der Waals surface area contributed by atoms with Gasteiger partial charge in [-0.05, 0) is 31.4 Å². The second kappa shape index (κ2) is 6.86. The molecule has 0 bridgehead atoms. The molecule has 2 N–H and O–H groups in total. The van der Waals surface area contributed by atoms with E-state index < -0.39 is 0 Å². The molecular weight excluding hydrogens is 287 g/mol. The number of nitrogens with one attached hydrogen (secondary N) is 1. The Morgan fingerprint density at radius 3 is 2.95 bits per heavy atom. The van der Waals surface area contributed by atoms with Crippen LogP contribution in [0.15, 0.2) is 6.07 Å². The maximum atomic E-state index is 9.43. The van der Waals surface area contributed by atoms with E-state index in [-0.39, 0.29) is 18.8 Å². The van der Waals surface area contributed by atoms with Crippen molar-refractivity contribution in [3.8, 4) is 0 Å². The van der Waals surface area contributed by atoms with E-state index in [9.17, 15) is 5.11 Å². The normalized spacial score (nSPS) is 20.7. The molecule has 1 aromatic heterocycles. The number of hydrogen-bond acceptors (Lipinski definition) is 4. The molecule has 1 aliphatic heterocycles. The molecule has 19 heavy (non-hydrogen) atoms. The van der Waals surface area contributed by atoms with Crippen LogP contribution in [0.25, 0.3) is 0 Å². The molecule has 6 heteroatoms. The van der Waals surface area contributed by atoms with Gasteiger partial charge in [-0.3, -0.25) is 0 Å². The molecule has 2 atom stereocenters. The number of rotatable bonds is 5. The van der Waals surface area contributed by atoms with Gasteiger partial charge in [0.25, 0.3) is 0 Å². The lowest BCUT2D eigenvalue weighted by molar-refractivity contribution is 0.0550. The summed E-state index contributed by atoms with van der Waals surface area (Å²) in [6.45, 7) is 3.30. The third kappa shape index (κ3) is 3.80. The van der Waals surface area contributed by atoms with Crippen LogP contribution in [0.5, 0.6) is 0 Å². The van der Waals surface area contributed by atoms with Crippen LogP contribution in [0.2, 0.25) is 10.3 Å². The number of hydrogen-bond donors (Lipinski definition) is 2. The molecule has 1 fully saturated rings. The minimum absolute atomic E-state index is 0.0440. The van der Waals surface area contributed by atoms with Crippen molar-refractivity contribution in [2.75, 3.05) is 13.2 Å². The molecule has 0 spiro atoms. The monoisotopic (exact) mass is 304 g/mol. The summed E-state index contributed by atoms with van der Waals surface area (Å²) >= 11 is 11.9. The summed E-state index contributed by atoms with van der Waals surface area (Å²) in [4.78, 5) is 4.03. The van der Waals surface area contributed by atoms with Gasteiger partial charge >= 0.3 is 0 Å². The van der Waals surface area contributed by atoms with Crippen molar-refractivity contribution in [3.63, 3.8) is 0 Å². The second-order valence-corrected chi connectivity index (χ2v) is 5.50. The number of aliphatic hydroxyl groups is 1. The molecule has 1 saturated heterocycles. The Morgan fingerprint density at radius 2 is 2.37 bits per heavy atom. The second-order valence-electron chi connectivity index (χ2n) is 4.75. The fourth-order valence-electron chi connectivity index (χ4n) is 2.30. The highest BCUT2D eigenvalue weighted by Gasteiger charge is 2.25. The Morgan fingerprint density at radius 1 is 1.58 bits per heavy atom. The van der Waals surface area contributed by atoms with Crippen LogP contribution in [0.4, 0.5) is 0 Å². The lowest BCUT2D eigenvalue weighted by Crippen LogP contribution is -2.42. The molecule has 2 heterocycles. The standard InChI is InChI=1S/C13H18Cl2N2O2/c1-8-5-12(14)17-13(15)9(8)6-16-10(7-18)11-3-2-4-19-11/h5,10-11,16,18H,2-4,6-7H2,1H3. The summed E-state index contributed by atoms with van der Waals surface area (Å²) in [5.74, 6) is 0. The Balaban J connectivity index is 2.01. The number of aryl methyl sites for hydroxylation is 1. The Labute approximate surface area is 123 Å². The number of pyridine rings is 1. The minimum atomic E-state index is -0.0753. The van der Waals surface area contributed by atoms with E-state index in [1.165, 1.54) is 0 Å². The third-order valence-corrected chi connectivity index (χ3v) is 3.92. The van der Waals surface area contributed by atoms with Crippen LogP contribution in [-0.4, -0.2) is 35.5 Å². The quantitative estimate of drug-likeness (QED) is 0.820. The zero-order valence-corrected chi connectivity index (χ0v) is 12.3. The van der Waals surface area contributed by atoms with Crippen LogP contribution in [0.1, 0.15) is 24.0 Å². The van der Waals surface area contributed by atoms with Gasteiger partial charge in [-0.1, -0.05) is 23.2 Å². The smallest absolute Gasteiger partial charge is 0.135 e. The maximum Gasteiger partial charge on any atom is 0.135 e. The predicted octanol–water partition coefficient (Wildman–Crippen LogP) is 2.33. The zero-order valence-electron chi connectivity index (χ0n) is 10.8. The minimum Gasteiger partial charge on any atom is -0.395 e. The summed E-state index contributed by atoms with van der Waals surface area (Å²) < 4.78 is 5.58. The predicted molar refractivity (Wildman–Crippen MR) is 75.7 cm³/mol. The third-order valence-electron chi connectivity index (χ3n) is 3.42. The molecule has 0 radical (unpaired) electrons. The number of aliphatic hydroxyl groups excluding tert-OH is 1. The lowest BCUT2D eigenvalue weighted by atomic mass is 10.1. The van der Waals surface area contributed by atoms with E-state index in [1.807, 2.05) is 6.92 Å². The molecule has 0 aliphatic carbocycles. The van der Waals surface area contributed by atoms with Crippen molar-refractivity contribution in [2.24, 2.45) is 0 Å². The summed E-state index contributed by atoms with van der Waals surface area (Å²) in [6, 6.07) is 1.71. The Kier molecular flexibility index (Phi) is 5.42. The van der Waals surface area contributed by atoms with Gasteiger partial charge in [-0.2, -0.15) is 0 Å². The van der Waals surface area contributed by atoms with Crippen LogP contribution < -0.4 is 5.32 Å². The van der Waals surface area contributed by atoms with E-state index in [0.717, 1.165) is 30.6 Å². The van der Waals surface area contributed by atoms with E-state index in [4.69, 9.17) is 27.9 Å². The summed E-state index contributed by atoms with van der Waals surface area (Å²) in [7, 11) is 0. The molecular formula is C13H18Cl2N2O2. The molecule has 4 nitrogen and oxygen atoms in total. The van der Waals surface area contributed by atoms with Gasteiger partial charge in [-0.25, -0.2) is 4.98 Å². The number of nitrogens with zero attached hydrogens (tertiary/aromatic N) is 1. The number of ether oxygens (including phenoxy) is 1. The fourth-order valence-corrected chi connectivity index (χ4v) is 2.90. The zero-order chi connectivity index (χ0) is 13.8.